The van der Waals surface area contributed by atoms with Crippen LogP contribution in [0.4, 0.5) is 18.0 Å². The van der Waals surface area contributed by atoms with Crippen molar-refractivity contribution in [3.05, 3.63) is 0 Å². The van der Waals surface area contributed by atoms with Gasteiger partial charge >= 0.3 is 18.2 Å². The number of alkyl halides is 3. The molecule has 0 radical (unpaired) electrons. The number of imide groups is 1. The van der Waals surface area contributed by atoms with E-state index in [9.17, 15) is 27.6 Å². The van der Waals surface area contributed by atoms with Gasteiger partial charge in [0.25, 0.3) is 0 Å². The summed E-state index contributed by atoms with van der Waals surface area (Å²) in [5.41, 5.74) is -1.41. The highest BCUT2D eigenvalue weighted by Gasteiger charge is 2.34. The lowest BCUT2D eigenvalue weighted by Crippen LogP contribution is -2.47. The Morgan fingerprint density at radius 3 is 2.05 bits per heavy atom. The minimum absolute atomic E-state index is 0.235. The zero-order valence-corrected chi connectivity index (χ0v) is 11.4. The predicted octanol–water partition coefficient (Wildman–Crippen LogP) is 1.61. The minimum Gasteiger partial charge on any atom is -0.481 e. The van der Waals surface area contributed by atoms with Crippen LogP contribution < -0.4 is 5.32 Å². The summed E-state index contributed by atoms with van der Waals surface area (Å²) in [7, 11) is 0. The van der Waals surface area contributed by atoms with E-state index in [4.69, 9.17) is 5.11 Å². The van der Waals surface area contributed by atoms with Crippen LogP contribution in [0.15, 0.2) is 0 Å². The second-order valence-electron chi connectivity index (χ2n) is 4.85. The number of carboxylic acid groups (broad SMARTS) is 1. The molecule has 116 valence electrons. The largest absolute Gasteiger partial charge is 0.481 e. The lowest BCUT2D eigenvalue weighted by Gasteiger charge is -2.23. The highest BCUT2D eigenvalue weighted by molar-refractivity contribution is 5.96. The van der Waals surface area contributed by atoms with Gasteiger partial charge in [-0.1, -0.05) is 0 Å². The summed E-state index contributed by atoms with van der Waals surface area (Å²) in [6.45, 7) is 2.16. The smallest absolute Gasteiger partial charge is 0.406 e. The molecule has 6 nitrogen and oxygen atoms in total. The van der Waals surface area contributed by atoms with Crippen LogP contribution in [0.3, 0.4) is 0 Å². The van der Waals surface area contributed by atoms with Crippen LogP contribution >= 0.6 is 0 Å². The Kier molecular flexibility index (Phi) is 5.98. The fraction of sp³-hybridized carbons (Fsp3) is 0.727. The van der Waals surface area contributed by atoms with E-state index in [0.717, 1.165) is 0 Å². The summed E-state index contributed by atoms with van der Waals surface area (Å²) in [5.74, 6) is -2.19. The van der Waals surface area contributed by atoms with Crippen LogP contribution in [0.2, 0.25) is 0 Å². The lowest BCUT2D eigenvalue weighted by atomic mass is 9.89. The molecule has 2 N–H and O–H groups in total. The van der Waals surface area contributed by atoms with Gasteiger partial charge in [0.05, 0.1) is 5.41 Å². The van der Waals surface area contributed by atoms with Crippen LogP contribution in [0, 0.1) is 5.41 Å². The van der Waals surface area contributed by atoms with E-state index in [0.29, 0.717) is 4.90 Å². The molecule has 0 saturated carbocycles. The quantitative estimate of drug-likeness (QED) is 0.807. The average Bonchev–Trinajstić information content (AvgIpc) is 2.23. The first-order valence-corrected chi connectivity index (χ1v) is 5.78. The molecular formula is C11H17F3N2O4. The van der Waals surface area contributed by atoms with Crippen molar-refractivity contribution < 1.29 is 32.7 Å². The van der Waals surface area contributed by atoms with Crippen molar-refractivity contribution in [1.29, 1.82) is 0 Å². The summed E-state index contributed by atoms with van der Waals surface area (Å²) in [5, 5.41) is 10.6. The zero-order chi connectivity index (χ0) is 16.1. The third-order valence-corrected chi connectivity index (χ3v) is 2.47. The molecule has 0 atom stereocenters. The molecule has 3 amide bonds. The first kappa shape index (κ1) is 18.2. The summed E-state index contributed by atoms with van der Waals surface area (Å²) in [4.78, 5) is 34.1. The van der Waals surface area contributed by atoms with E-state index in [1.165, 1.54) is 20.8 Å². The molecule has 9 heteroatoms. The van der Waals surface area contributed by atoms with Gasteiger partial charge in [0, 0.05) is 13.0 Å². The number of amides is 3. The number of carboxylic acids is 1. The molecule has 0 aliphatic heterocycles. The summed E-state index contributed by atoms with van der Waals surface area (Å²) in [6.07, 6.45) is -5.09. The summed E-state index contributed by atoms with van der Waals surface area (Å²) < 4.78 is 36.5. The van der Waals surface area contributed by atoms with Gasteiger partial charge < -0.3 is 10.0 Å². The van der Waals surface area contributed by atoms with Crippen LogP contribution in [0.1, 0.15) is 27.2 Å². The molecule has 0 spiro atoms. The number of nitrogens with one attached hydrogen (secondary N) is 1. The topological polar surface area (TPSA) is 86.7 Å². The van der Waals surface area contributed by atoms with Gasteiger partial charge in [0.1, 0.15) is 6.54 Å². The Morgan fingerprint density at radius 2 is 1.70 bits per heavy atom. The SMILES string of the molecule is CCN(CC(F)(F)F)C(=O)NC(=O)CC(C)(C)C(=O)O. The molecule has 0 aromatic rings. The van der Waals surface area contributed by atoms with Crippen molar-refractivity contribution in [3.8, 4) is 0 Å². The standard InChI is InChI=1S/C11H17F3N2O4/c1-4-16(6-11(12,13)14)9(20)15-7(17)5-10(2,3)8(18)19/h4-6H2,1-3H3,(H,18,19)(H,15,17,20). The van der Waals surface area contributed by atoms with Crippen molar-refractivity contribution >= 4 is 17.9 Å². The van der Waals surface area contributed by atoms with Gasteiger partial charge in [-0.15, -0.1) is 0 Å². The molecule has 0 aliphatic carbocycles. The van der Waals surface area contributed by atoms with Crippen LogP contribution in [0.5, 0.6) is 0 Å². The van der Waals surface area contributed by atoms with Crippen LogP contribution in [0.25, 0.3) is 0 Å². The van der Waals surface area contributed by atoms with Crippen molar-refractivity contribution in [2.75, 3.05) is 13.1 Å². The lowest BCUT2D eigenvalue weighted by molar-refractivity contribution is -0.149. The van der Waals surface area contributed by atoms with Gasteiger partial charge in [-0.3, -0.25) is 14.9 Å². The minimum atomic E-state index is -4.57. The summed E-state index contributed by atoms with van der Waals surface area (Å²) in [6, 6.07) is -1.20. The maximum Gasteiger partial charge on any atom is 0.406 e. The van der Waals surface area contributed by atoms with Crippen molar-refractivity contribution in [1.82, 2.24) is 10.2 Å². The van der Waals surface area contributed by atoms with Crippen molar-refractivity contribution in [2.45, 2.75) is 33.4 Å². The molecule has 0 heterocycles. The molecule has 0 aromatic heterocycles. The maximum atomic E-state index is 12.2. The van der Waals surface area contributed by atoms with Crippen molar-refractivity contribution in [3.63, 3.8) is 0 Å². The number of hydrogen-bond acceptors (Lipinski definition) is 3. The van der Waals surface area contributed by atoms with E-state index >= 15 is 0 Å². The molecule has 20 heavy (non-hydrogen) atoms. The second kappa shape index (κ2) is 6.58. The fourth-order valence-electron chi connectivity index (χ4n) is 1.26. The van der Waals surface area contributed by atoms with Gasteiger partial charge in [-0.05, 0) is 20.8 Å². The van der Waals surface area contributed by atoms with E-state index in [-0.39, 0.29) is 6.54 Å². The molecule has 0 saturated heterocycles. The maximum absolute atomic E-state index is 12.2. The molecular weight excluding hydrogens is 281 g/mol. The number of carbonyl (C=O) groups excluding carboxylic acids is 2. The molecule has 0 aromatic carbocycles. The monoisotopic (exact) mass is 298 g/mol. The number of halogens is 3. The average molecular weight is 298 g/mol. The number of rotatable bonds is 5. The van der Waals surface area contributed by atoms with Crippen LogP contribution in [-0.4, -0.2) is 47.2 Å². The Labute approximate surface area is 113 Å². The Balaban J connectivity index is 4.59. The van der Waals surface area contributed by atoms with Gasteiger partial charge in [0.15, 0.2) is 0 Å². The highest BCUT2D eigenvalue weighted by atomic mass is 19.4. The molecule has 0 rings (SSSR count). The van der Waals surface area contributed by atoms with Gasteiger partial charge in [-0.25, -0.2) is 4.79 Å². The predicted molar refractivity (Wildman–Crippen MR) is 62.9 cm³/mol. The van der Waals surface area contributed by atoms with Crippen molar-refractivity contribution in [2.24, 2.45) is 5.41 Å². The third kappa shape index (κ3) is 6.39. The van der Waals surface area contributed by atoms with E-state index in [1.807, 2.05) is 0 Å². The number of carbonyl (C=O) groups is 3. The van der Waals surface area contributed by atoms with E-state index in [1.54, 1.807) is 5.32 Å². The number of hydrogen-bond donors (Lipinski definition) is 2. The first-order valence-electron chi connectivity index (χ1n) is 5.78. The Hall–Kier alpha value is -1.80. The summed E-state index contributed by atoms with van der Waals surface area (Å²) >= 11 is 0. The first-order chi connectivity index (χ1) is 8.89. The second-order valence-corrected chi connectivity index (χ2v) is 4.85. The Bertz CT molecular complexity index is 394. The van der Waals surface area contributed by atoms with E-state index in [2.05, 4.69) is 0 Å². The van der Waals surface area contributed by atoms with Gasteiger partial charge in [0.2, 0.25) is 5.91 Å². The number of nitrogens with zero attached hydrogens (tertiary/aromatic N) is 1. The normalized spacial score (nSPS) is 11.9. The molecule has 0 bridgehead atoms. The number of aliphatic carboxylic acids is 1. The molecule has 0 aliphatic rings. The third-order valence-electron chi connectivity index (χ3n) is 2.47. The highest BCUT2D eigenvalue weighted by Crippen LogP contribution is 2.20. The van der Waals surface area contributed by atoms with E-state index < -0.39 is 42.5 Å². The Morgan fingerprint density at radius 1 is 1.20 bits per heavy atom. The van der Waals surface area contributed by atoms with Gasteiger partial charge in [-0.2, -0.15) is 13.2 Å². The van der Waals surface area contributed by atoms with Crippen LogP contribution in [-0.2, 0) is 9.59 Å². The molecule has 0 unspecified atom stereocenters. The molecule has 0 fully saturated rings. The fourth-order valence-corrected chi connectivity index (χ4v) is 1.26. The zero-order valence-electron chi connectivity index (χ0n) is 11.4. The number of urea groups is 1.